The van der Waals surface area contributed by atoms with Crippen LogP contribution in [0.2, 0.25) is 0 Å². The molecule has 1 atom stereocenters. The minimum Gasteiger partial charge on any atom is -0.297 e. The van der Waals surface area contributed by atoms with Crippen LogP contribution in [0.5, 0.6) is 0 Å². The summed E-state index contributed by atoms with van der Waals surface area (Å²) in [5, 5.41) is 0. The van der Waals surface area contributed by atoms with Gasteiger partial charge in [-0.2, -0.15) is 0 Å². The molecule has 1 heterocycles. The fraction of sp³-hybridized carbons (Fsp3) is 1.00. The van der Waals surface area contributed by atoms with Crippen molar-refractivity contribution in [3.8, 4) is 0 Å². The third kappa shape index (κ3) is 2.28. The van der Waals surface area contributed by atoms with Crippen molar-refractivity contribution in [3.05, 3.63) is 0 Å². The Labute approximate surface area is 108 Å². The smallest absolute Gasteiger partial charge is 0.0139 e. The fourth-order valence-corrected chi connectivity index (χ4v) is 4.14. The number of hydrogen-bond acceptors (Lipinski definition) is 1. The lowest BCUT2D eigenvalue weighted by Gasteiger charge is -2.61. The molecule has 0 amide bonds. The summed E-state index contributed by atoms with van der Waals surface area (Å²) in [7, 11) is 0. The second kappa shape index (κ2) is 4.26. The number of likely N-dealkylation sites (tertiary alicyclic amines) is 1. The Morgan fingerprint density at radius 3 is 2.00 bits per heavy atom. The molecule has 1 saturated heterocycles. The lowest BCUT2D eigenvalue weighted by molar-refractivity contribution is -0.117. The molecule has 2 rings (SSSR count). The SMILES string of the molecule is CC(C)N1CC2(CCC(C(C)(C)C)CC2)C1C. The summed E-state index contributed by atoms with van der Waals surface area (Å²) in [6, 6.07) is 1.55. The molecule has 100 valence electrons. The maximum absolute atomic E-state index is 2.68. The Hall–Kier alpha value is -0.0400. The summed E-state index contributed by atoms with van der Waals surface area (Å²) in [6.07, 6.45) is 5.86. The normalized spacial score (nSPS) is 39.7. The van der Waals surface area contributed by atoms with E-state index in [0.717, 1.165) is 18.0 Å². The molecule has 0 aromatic heterocycles. The average molecular weight is 237 g/mol. The summed E-state index contributed by atoms with van der Waals surface area (Å²) < 4.78 is 0. The molecule has 0 radical (unpaired) electrons. The first-order valence-electron chi connectivity index (χ1n) is 7.52. The van der Waals surface area contributed by atoms with E-state index in [4.69, 9.17) is 0 Å². The van der Waals surface area contributed by atoms with Crippen LogP contribution in [-0.4, -0.2) is 23.5 Å². The van der Waals surface area contributed by atoms with Crippen molar-refractivity contribution in [2.45, 2.75) is 79.3 Å². The summed E-state index contributed by atoms with van der Waals surface area (Å²) in [6.45, 7) is 15.7. The molecule has 1 saturated carbocycles. The zero-order valence-corrected chi connectivity index (χ0v) is 12.7. The van der Waals surface area contributed by atoms with E-state index in [1.54, 1.807) is 0 Å². The molecule has 0 bridgehead atoms. The molecule has 2 fully saturated rings. The molecule has 17 heavy (non-hydrogen) atoms. The molecule has 0 aromatic carbocycles. The standard InChI is InChI=1S/C16H31N/c1-12(2)17-11-16(13(17)3)9-7-14(8-10-16)15(4,5)6/h12-14H,7-11H2,1-6H3. The Morgan fingerprint density at radius 2 is 1.65 bits per heavy atom. The van der Waals surface area contributed by atoms with Gasteiger partial charge in [0.25, 0.3) is 0 Å². The zero-order valence-electron chi connectivity index (χ0n) is 12.7. The molecular weight excluding hydrogens is 206 g/mol. The zero-order chi connectivity index (χ0) is 12.8. The second-order valence-electron chi connectivity index (χ2n) is 7.94. The van der Waals surface area contributed by atoms with Crippen LogP contribution in [0.25, 0.3) is 0 Å². The third-order valence-electron chi connectivity index (χ3n) is 5.75. The molecule has 1 nitrogen and oxygen atoms in total. The predicted octanol–water partition coefficient (Wildman–Crippen LogP) is 4.32. The lowest BCUT2D eigenvalue weighted by atomic mass is 9.58. The van der Waals surface area contributed by atoms with Crippen molar-refractivity contribution in [2.24, 2.45) is 16.7 Å². The van der Waals surface area contributed by atoms with Gasteiger partial charge >= 0.3 is 0 Å². The molecule has 2 aliphatic rings. The van der Waals surface area contributed by atoms with E-state index in [1.165, 1.54) is 32.2 Å². The largest absolute Gasteiger partial charge is 0.297 e. The van der Waals surface area contributed by atoms with Gasteiger partial charge in [-0.1, -0.05) is 20.8 Å². The Kier molecular flexibility index (Phi) is 3.36. The van der Waals surface area contributed by atoms with E-state index in [0.29, 0.717) is 10.8 Å². The quantitative estimate of drug-likeness (QED) is 0.656. The topological polar surface area (TPSA) is 3.24 Å². The number of rotatable bonds is 1. The van der Waals surface area contributed by atoms with Gasteiger partial charge < -0.3 is 0 Å². The van der Waals surface area contributed by atoms with Crippen LogP contribution in [0.4, 0.5) is 0 Å². The van der Waals surface area contributed by atoms with Crippen molar-refractivity contribution in [3.63, 3.8) is 0 Å². The van der Waals surface area contributed by atoms with Gasteiger partial charge in [0.2, 0.25) is 0 Å². The van der Waals surface area contributed by atoms with Gasteiger partial charge in [0.1, 0.15) is 0 Å². The summed E-state index contributed by atoms with van der Waals surface area (Å²) >= 11 is 0. The van der Waals surface area contributed by atoms with Gasteiger partial charge in [-0.3, -0.25) is 4.90 Å². The summed E-state index contributed by atoms with van der Waals surface area (Å²) in [5.41, 5.74) is 1.21. The van der Waals surface area contributed by atoms with E-state index >= 15 is 0 Å². The molecule has 1 aliphatic heterocycles. The highest BCUT2D eigenvalue weighted by atomic mass is 15.3. The van der Waals surface area contributed by atoms with Crippen LogP contribution in [0.3, 0.4) is 0 Å². The van der Waals surface area contributed by atoms with Crippen molar-refractivity contribution in [1.82, 2.24) is 4.90 Å². The van der Waals surface area contributed by atoms with E-state index in [1.807, 2.05) is 0 Å². The third-order valence-corrected chi connectivity index (χ3v) is 5.75. The Bertz CT molecular complexity index is 266. The predicted molar refractivity (Wildman–Crippen MR) is 75.2 cm³/mol. The molecule has 0 N–H and O–H groups in total. The highest BCUT2D eigenvalue weighted by Gasteiger charge is 2.52. The van der Waals surface area contributed by atoms with Gasteiger partial charge in [-0.05, 0) is 63.2 Å². The lowest BCUT2D eigenvalue weighted by Crippen LogP contribution is -2.66. The van der Waals surface area contributed by atoms with Crippen molar-refractivity contribution < 1.29 is 0 Å². The maximum atomic E-state index is 2.68. The molecule has 1 heteroatoms. The molecule has 1 spiro atoms. The number of nitrogens with zero attached hydrogens (tertiary/aromatic N) is 1. The van der Waals surface area contributed by atoms with E-state index in [2.05, 4.69) is 46.4 Å². The van der Waals surface area contributed by atoms with Crippen LogP contribution in [0.15, 0.2) is 0 Å². The summed E-state index contributed by atoms with van der Waals surface area (Å²) in [4.78, 5) is 2.68. The van der Waals surface area contributed by atoms with E-state index in [9.17, 15) is 0 Å². The van der Waals surface area contributed by atoms with Gasteiger partial charge in [-0.15, -0.1) is 0 Å². The molecule has 0 aromatic rings. The minimum atomic E-state index is 0.520. The maximum Gasteiger partial charge on any atom is 0.0139 e. The summed E-state index contributed by atoms with van der Waals surface area (Å²) in [5.74, 6) is 0.952. The highest BCUT2D eigenvalue weighted by Crippen LogP contribution is 2.53. The van der Waals surface area contributed by atoms with Crippen LogP contribution in [0, 0.1) is 16.7 Å². The van der Waals surface area contributed by atoms with E-state index in [-0.39, 0.29) is 0 Å². The first-order chi connectivity index (χ1) is 7.76. The van der Waals surface area contributed by atoms with Gasteiger partial charge in [0, 0.05) is 18.6 Å². The van der Waals surface area contributed by atoms with Crippen molar-refractivity contribution >= 4 is 0 Å². The highest BCUT2D eigenvalue weighted by molar-refractivity contribution is 5.05. The number of hydrogen-bond donors (Lipinski definition) is 0. The fourth-order valence-electron chi connectivity index (χ4n) is 4.14. The molecule has 1 aliphatic carbocycles. The van der Waals surface area contributed by atoms with Gasteiger partial charge in [-0.25, -0.2) is 0 Å². The monoisotopic (exact) mass is 237 g/mol. The van der Waals surface area contributed by atoms with Crippen LogP contribution < -0.4 is 0 Å². The Balaban J connectivity index is 1.92. The Morgan fingerprint density at radius 1 is 1.12 bits per heavy atom. The minimum absolute atomic E-state index is 0.520. The van der Waals surface area contributed by atoms with Crippen LogP contribution >= 0.6 is 0 Å². The van der Waals surface area contributed by atoms with Crippen LogP contribution in [-0.2, 0) is 0 Å². The molecule has 1 unspecified atom stereocenters. The van der Waals surface area contributed by atoms with E-state index < -0.39 is 0 Å². The molecular formula is C16H31N. The van der Waals surface area contributed by atoms with Gasteiger partial charge in [0.05, 0.1) is 0 Å². The van der Waals surface area contributed by atoms with Crippen LogP contribution in [0.1, 0.15) is 67.2 Å². The first kappa shape index (κ1) is 13.4. The first-order valence-corrected chi connectivity index (χ1v) is 7.52. The second-order valence-corrected chi connectivity index (χ2v) is 7.94. The van der Waals surface area contributed by atoms with Crippen molar-refractivity contribution in [1.29, 1.82) is 0 Å². The van der Waals surface area contributed by atoms with Gasteiger partial charge in [0.15, 0.2) is 0 Å². The average Bonchev–Trinajstić information content (AvgIpc) is 2.24. The van der Waals surface area contributed by atoms with Crippen molar-refractivity contribution in [2.75, 3.05) is 6.54 Å².